The molecule has 5 nitrogen and oxygen atoms in total. The molecule has 0 bridgehead atoms. The molecule has 29 heavy (non-hydrogen) atoms. The van der Waals surface area contributed by atoms with Crippen LogP contribution in [-0.4, -0.2) is 40.3 Å². The van der Waals surface area contributed by atoms with Crippen LogP contribution in [0.4, 0.5) is 26.3 Å². The maximum absolute atomic E-state index is 13.6. The van der Waals surface area contributed by atoms with Crippen molar-refractivity contribution in [3.8, 4) is 5.75 Å². The highest BCUT2D eigenvalue weighted by Gasteiger charge is 2.59. The highest BCUT2D eigenvalue weighted by atomic mass is 19.4. The molecule has 0 spiro atoms. The second-order valence-electron chi connectivity index (χ2n) is 7.01. The average Bonchev–Trinajstić information content (AvgIpc) is 3.36. The number of aromatic nitrogens is 3. The summed E-state index contributed by atoms with van der Waals surface area (Å²) >= 11 is 0. The normalized spacial score (nSPS) is 18.3. The Hall–Kier alpha value is -2.30. The molecule has 2 aromatic rings. The van der Waals surface area contributed by atoms with Gasteiger partial charge in [0, 0.05) is 7.11 Å². The predicted octanol–water partition coefficient (Wildman–Crippen LogP) is 4.41. The van der Waals surface area contributed by atoms with Gasteiger partial charge in [-0.2, -0.15) is 27.1 Å². The van der Waals surface area contributed by atoms with Crippen LogP contribution in [-0.2, 0) is 16.9 Å². The van der Waals surface area contributed by atoms with Crippen molar-refractivity contribution < 1.29 is 35.8 Å². The van der Waals surface area contributed by atoms with Gasteiger partial charge in [-0.05, 0) is 48.9 Å². The van der Waals surface area contributed by atoms with Gasteiger partial charge in [0.25, 0.3) is 6.17 Å². The van der Waals surface area contributed by atoms with E-state index in [1.807, 2.05) is 0 Å². The van der Waals surface area contributed by atoms with Crippen LogP contribution in [0.2, 0.25) is 0 Å². The lowest BCUT2D eigenvalue weighted by molar-refractivity contribution is -0.304. The summed E-state index contributed by atoms with van der Waals surface area (Å²) in [5.41, 5.74) is 0.281. The molecule has 1 fully saturated rings. The Morgan fingerprint density at radius 2 is 1.90 bits per heavy atom. The van der Waals surface area contributed by atoms with Crippen molar-refractivity contribution in [2.45, 2.75) is 50.4 Å². The third-order valence-corrected chi connectivity index (χ3v) is 4.95. The highest BCUT2D eigenvalue weighted by Crippen LogP contribution is 2.50. The van der Waals surface area contributed by atoms with Crippen molar-refractivity contribution in [3.63, 3.8) is 0 Å². The van der Waals surface area contributed by atoms with Crippen molar-refractivity contribution in [2.24, 2.45) is 5.92 Å². The fourth-order valence-electron chi connectivity index (χ4n) is 3.45. The monoisotopic (exact) mass is 423 g/mol. The maximum atomic E-state index is 13.6. The first kappa shape index (κ1) is 21.4. The molecule has 0 amide bonds. The van der Waals surface area contributed by atoms with E-state index in [-0.39, 0.29) is 5.92 Å². The molecule has 1 aliphatic rings. The van der Waals surface area contributed by atoms with E-state index in [1.54, 1.807) is 11.6 Å². The Morgan fingerprint density at radius 3 is 2.38 bits per heavy atom. The van der Waals surface area contributed by atoms with Gasteiger partial charge in [0.1, 0.15) is 24.0 Å². The molecule has 0 radical (unpaired) electrons. The molecule has 11 heteroatoms. The predicted molar refractivity (Wildman–Crippen MR) is 89.1 cm³/mol. The summed E-state index contributed by atoms with van der Waals surface area (Å²) in [5, 5.41) is 4.08. The van der Waals surface area contributed by atoms with E-state index >= 15 is 0 Å². The largest absolute Gasteiger partial charge is 0.439 e. The fraction of sp³-hybridized carbons (Fsp3) is 0.556. The number of methoxy groups -OCH3 is 1. The minimum Gasteiger partial charge on any atom is -0.430 e. The number of aryl methyl sites for hydroxylation is 1. The van der Waals surface area contributed by atoms with Gasteiger partial charge in [0.2, 0.25) is 0 Å². The molecule has 1 aromatic carbocycles. The zero-order valence-electron chi connectivity index (χ0n) is 15.6. The molecule has 160 valence electrons. The van der Waals surface area contributed by atoms with Crippen molar-refractivity contribution in [2.75, 3.05) is 7.11 Å². The van der Waals surface area contributed by atoms with E-state index in [0.29, 0.717) is 17.7 Å². The first-order valence-electron chi connectivity index (χ1n) is 8.76. The molecule has 3 rings (SSSR count). The van der Waals surface area contributed by atoms with Crippen LogP contribution >= 0.6 is 0 Å². The lowest BCUT2D eigenvalue weighted by Gasteiger charge is -2.34. The quantitative estimate of drug-likeness (QED) is 0.591. The summed E-state index contributed by atoms with van der Waals surface area (Å²) < 4.78 is 88.6. The van der Waals surface area contributed by atoms with Gasteiger partial charge in [-0.25, -0.2) is 14.1 Å². The number of alkyl halides is 6. The summed E-state index contributed by atoms with van der Waals surface area (Å²) in [6.07, 6.45) is -10.6. The van der Waals surface area contributed by atoms with Crippen LogP contribution in [0.3, 0.4) is 0 Å². The summed E-state index contributed by atoms with van der Waals surface area (Å²) in [5.74, 6) is -0.436. The molecule has 2 unspecified atom stereocenters. The lowest BCUT2D eigenvalue weighted by Crippen LogP contribution is -2.45. The van der Waals surface area contributed by atoms with E-state index < -0.39 is 29.8 Å². The molecule has 0 saturated heterocycles. The van der Waals surface area contributed by atoms with Crippen LogP contribution in [0, 0.1) is 12.8 Å². The Morgan fingerprint density at radius 1 is 1.21 bits per heavy atom. The molecule has 1 aromatic heterocycles. The number of halogens is 6. The minimum atomic E-state index is -5.74. The number of nitrogens with zero attached hydrogens (tertiary/aromatic N) is 3. The molecule has 0 N–H and O–H groups in total. The number of hydrogen-bond donors (Lipinski definition) is 0. The number of hydrogen-bond acceptors (Lipinski definition) is 4. The number of benzene rings is 1. The van der Waals surface area contributed by atoms with Crippen molar-refractivity contribution in [1.82, 2.24) is 14.8 Å². The Kier molecular flexibility index (Phi) is 5.54. The van der Waals surface area contributed by atoms with E-state index in [9.17, 15) is 26.3 Å². The lowest BCUT2D eigenvalue weighted by atomic mass is 9.85. The molecular weight excluding hydrogens is 404 g/mol. The van der Waals surface area contributed by atoms with Crippen molar-refractivity contribution in [1.29, 1.82) is 0 Å². The van der Waals surface area contributed by atoms with E-state index in [4.69, 9.17) is 4.74 Å². The molecule has 1 aliphatic carbocycles. The van der Waals surface area contributed by atoms with Gasteiger partial charge >= 0.3 is 12.3 Å². The third kappa shape index (κ3) is 4.34. The Labute approximate surface area is 162 Å². The van der Waals surface area contributed by atoms with Crippen LogP contribution in [0.1, 0.15) is 24.0 Å². The van der Waals surface area contributed by atoms with Crippen LogP contribution in [0.15, 0.2) is 30.9 Å². The second-order valence-corrected chi connectivity index (χ2v) is 7.01. The summed E-state index contributed by atoms with van der Waals surface area (Å²) in [6, 6.07) is 3.67. The SMILES string of the molecule is COC(Cn1cncn1)(c1ccc(OC(F)(F)C(F)C(F)(F)F)cc1C)C1CC1. The average molecular weight is 423 g/mol. The second kappa shape index (κ2) is 7.51. The number of ether oxygens (including phenoxy) is 2. The molecule has 0 aliphatic heterocycles. The van der Waals surface area contributed by atoms with E-state index in [0.717, 1.165) is 25.0 Å². The van der Waals surface area contributed by atoms with Crippen molar-refractivity contribution >= 4 is 0 Å². The van der Waals surface area contributed by atoms with Crippen LogP contribution < -0.4 is 4.74 Å². The summed E-state index contributed by atoms with van der Waals surface area (Å²) in [7, 11) is 1.52. The smallest absolute Gasteiger partial charge is 0.430 e. The van der Waals surface area contributed by atoms with Gasteiger partial charge in [-0.15, -0.1) is 0 Å². The van der Waals surface area contributed by atoms with E-state index in [2.05, 4.69) is 14.8 Å². The van der Waals surface area contributed by atoms with Crippen LogP contribution in [0.25, 0.3) is 0 Å². The first-order chi connectivity index (χ1) is 13.5. The van der Waals surface area contributed by atoms with Gasteiger partial charge in [-0.3, -0.25) is 0 Å². The zero-order valence-corrected chi connectivity index (χ0v) is 15.6. The standard InChI is InChI=1S/C18H19F6N3O2/c1-11-7-13(29-18(23,24)15(19)17(20,21)22)5-6-14(11)16(28-2,12-3-4-12)8-27-10-25-9-26-27/h5-7,9-10,12,15H,3-4,8H2,1-2H3. The Balaban J connectivity index is 1.89. The third-order valence-electron chi connectivity index (χ3n) is 4.95. The van der Waals surface area contributed by atoms with Gasteiger partial charge in [-0.1, -0.05) is 6.07 Å². The van der Waals surface area contributed by atoms with Crippen molar-refractivity contribution in [3.05, 3.63) is 42.0 Å². The Bertz CT molecular complexity index is 839. The molecule has 2 atom stereocenters. The fourth-order valence-corrected chi connectivity index (χ4v) is 3.45. The first-order valence-corrected chi connectivity index (χ1v) is 8.76. The van der Waals surface area contributed by atoms with Gasteiger partial charge in [0.15, 0.2) is 0 Å². The summed E-state index contributed by atoms with van der Waals surface area (Å²) in [4.78, 5) is 3.89. The molecule has 1 saturated carbocycles. The van der Waals surface area contributed by atoms with E-state index in [1.165, 1.54) is 25.8 Å². The minimum absolute atomic E-state index is 0.143. The van der Waals surface area contributed by atoms with Crippen LogP contribution in [0.5, 0.6) is 5.75 Å². The maximum Gasteiger partial charge on any atom is 0.439 e. The molecular formula is C18H19F6N3O2. The topological polar surface area (TPSA) is 49.2 Å². The van der Waals surface area contributed by atoms with Gasteiger partial charge < -0.3 is 9.47 Å². The highest BCUT2D eigenvalue weighted by molar-refractivity contribution is 5.39. The number of rotatable bonds is 8. The van der Waals surface area contributed by atoms with Gasteiger partial charge in [0.05, 0.1) is 6.54 Å². The molecule has 1 heterocycles. The summed E-state index contributed by atoms with van der Waals surface area (Å²) in [6.45, 7) is 1.90. The zero-order chi connectivity index (χ0) is 21.4.